The number of carbonyl (C=O) groups is 1. The van der Waals surface area contributed by atoms with Crippen LogP contribution in [0.4, 0.5) is 5.69 Å². The van der Waals surface area contributed by atoms with E-state index in [9.17, 15) is 4.79 Å². The highest BCUT2D eigenvalue weighted by Crippen LogP contribution is 2.26. The Hall–Kier alpha value is -1.91. The Morgan fingerprint density at radius 3 is 2.76 bits per heavy atom. The number of para-hydroxylation sites is 1. The lowest BCUT2D eigenvalue weighted by molar-refractivity contribution is 0.102. The molecule has 1 heterocycles. The number of rotatable bonds is 2. The molecule has 0 aliphatic heterocycles. The minimum absolute atomic E-state index is 0.210. The molecule has 5 heteroatoms. The smallest absolute Gasteiger partial charge is 0.257 e. The fraction of sp³-hybridized carbons (Fsp3) is 0. The second-order valence-electron chi connectivity index (χ2n) is 4.46. The maximum absolute atomic E-state index is 12.4. The van der Waals surface area contributed by atoms with E-state index in [1.807, 2.05) is 24.3 Å². The van der Waals surface area contributed by atoms with Gasteiger partial charge in [-0.15, -0.1) is 0 Å². The quantitative estimate of drug-likeness (QED) is 0.705. The Kier molecular flexibility index (Phi) is 3.90. The number of fused-ring (bicyclic) bond motifs is 1. The number of pyridine rings is 1. The number of nitrogens with zero attached hydrogens (tertiary/aromatic N) is 1. The molecule has 3 aromatic rings. The standard InChI is InChI=1S/C16H10BrClN2O/c17-13-7-6-11(9-14(13)18)20-16(21)12-5-1-3-10-4-2-8-19-15(10)12/h1-9H,(H,20,21). The van der Waals surface area contributed by atoms with Crippen molar-refractivity contribution in [1.82, 2.24) is 4.98 Å². The van der Waals surface area contributed by atoms with Crippen LogP contribution < -0.4 is 5.32 Å². The number of carbonyl (C=O) groups excluding carboxylic acids is 1. The Bertz CT molecular complexity index is 830. The number of amides is 1. The zero-order valence-corrected chi connectivity index (χ0v) is 13.1. The molecule has 0 aliphatic rings. The summed E-state index contributed by atoms with van der Waals surface area (Å²) >= 11 is 9.35. The first-order valence-corrected chi connectivity index (χ1v) is 7.42. The van der Waals surface area contributed by atoms with Crippen LogP contribution in [0.15, 0.2) is 59.2 Å². The first-order chi connectivity index (χ1) is 10.1. The molecule has 3 rings (SSSR count). The Morgan fingerprint density at radius 1 is 1.14 bits per heavy atom. The number of nitrogens with one attached hydrogen (secondary N) is 1. The third-order valence-electron chi connectivity index (χ3n) is 3.05. The highest BCUT2D eigenvalue weighted by molar-refractivity contribution is 9.10. The summed E-state index contributed by atoms with van der Waals surface area (Å²) in [4.78, 5) is 16.7. The van der Waals surface area contributed by atoms with Crippen molar-refractivity contribution in [2.45, 2.75) is 0 Å². The predicted molar refractivity (Wildman–Crippen MR) is 88.8 cm³/mol. The van der Waals surface area contributed by atoms with Gasteiger partial charge >= 0.3 is 0 Å². The van der Waals surface area contributed by atoms with Gasteiger partial charge in [0.2, 0.25) is 0 Å². The second kappa shape index (κ2) is 5.84. The Morgan fingerprint density at radius 2 is 1.95 bits per heavy atom. The Balaban J connectivity index is 1.95. The van der Waals surface area contributed by atoms with Crippen molar-refractivity contribution in [2.24, 2.45) is 0 Å². The summed E-state index contributed by atoms with van der Waals surface area (Å²) < 4.78 is 0.786. The van der Waals surface area contributed by atoms with E-state index in [4.69, 9.17) is 11.6 Å². The summed E-state index contributed by atoms with van der Waals surface area (Å²) in [6.07, 6.45) is 1.68. The molecule has 0 atom stereocenters. The van der Waals surface area contributed by atoms with Crippen molar-refractivity contribution in [1.29, 1.82) is 0 Å². The van der Waals surface area contributed by atoms with Gasteiger partial charge in [-0.25, -0.2) is 0 Å². The van der Waals surface area contributed by atoms with Gasteiger partial charge in [0.05, 0.1) is 16.1 Å². The van der Waals surface area contributed by atoms with Crippen LogP contribution in [0, 0.1) is 0 Å². The molecule has 1 amide bonds. The molecule has 0 unspecified atom stereocenters. The van der Waals surface area contributed by atoms with E-state index >= 15 is 0 Å². The van der Waals surface area contributed by atoms with Gasteiger partial charge < -0.3 is 5.32 Å². The molecular formula is C16H10BrClN2O. The van der Waals surface area contributed by atoms with Crippen molar-refractivity contribution in [3.05, 3.63) is 69.8 Å². The van der Waals surface area contributed by atoms with E-state index in [1.54, 1.807) is 30.5 Å². The zero-order valence-electron chi connectivity index (χ0n) is 10.8. The highest BCUT2D eigenvalue weighted by Gasteiger charge is 2.11. The molecule has 0 bridgehead atoms. The second-order valence-corrected chi connectivity index (χ2v) is 5.73. The summed E-state index contributed by atoms with van der Waals surface area (Å²) in [5.41, 5.74) is 1.86. The topological polar surface area (TPSA) is 42.0 Å². The molecule has 0 saturated carbocycles. The van der Waals surface area contributed by atoms with E-state index < -0.39 is 0 Å². The largest absolute Gasteiger partial charge is 0.322 e. The Labute approximate surface area is 135 Å². The van der Waals surface area contributed by atoms with E-state index in [0.717, 1.165) is 9.86 Å². The van der Waals surface area contributed by atoms with Gasteiger partial charge in [-0.3, -0.25) is 9.78 Å². The summed E-state index contributed by atoms with van der Waals surface area (Å²) in [5.74, 6) is -0.210. The van der Waals surface area contributed by atoms with Crippen LogP contribution in [-0.4, -0.2) is 10.9 Å². The molecule has 2 aromatic carbocycles. The van der Waals surface area contributed by atoms with Crippen LogP contribution in [0.25, 0.3) is 10.9 Å². The van der Waals surface area contributed by atoms with Crippen LogP contribution >= 0.6 is 27.5 Å². The molecule has 1 N–H and O–H groups in total. The van der Waals surface area contributed by atoms with Gasteiger partial charge in [0, 0.05) is 21.7 Å². The van der Waals surface area contributed by atoms with Crippen LogP contribution in [0.3, 0.4) is 0 Å². The van der Waals surface area contributed by atoms with Gasteiger partial charge in [0.25, 0.3) is 5.91 Å². The number of benzene rings is 2. The molecule has 0 radical (unpaired) electrons. The minimum Gasteiger partial charge on any atom is -0.322 e. The first kappa shape index (κ1) is 14.0. The van der Waals surface area contributed by atoms with Crippen LogP contribution in [0.2, 0.25) is 5.02 Å². The highest BCUT2D eigenvalue weighted by atomic mass is 79.9. The molecule has 0 saturated heterocycles. The number of aromatic nitrogens is 1. The van der Waals surface area contributed by atoms with Gasteiger partial charge in [-0.1, -0.05) is 29.8 Å². The van der Waals surface area contributed by atoms with Crippen molar-refractivity contribution >= 4 is 50.0 Å². The SMILES string of the molecule is O=C(Nc1ccc(Br)c(Cl)c1)c1cccc2cccnc12. The third kappa shape index (κ3) is 2.91. The summed E-state index contributed by atoms with van der Waals surface area (Å²) in [7, 11) is 0. The van der Waals surface area contributed by atoms with E-state index in [2.05, 4.69) is 26.2 Å². The lowest BCUT2D eigenvalue weighted by Crippen LogP contribution is -2.12. The number of hydrogen-bond acceptors (Lipinski definition) is 2. The maximum Gasteiger partial charge on any atom is 0.257 e. The van der Waals surface area contributed by atoms with Crippen LogP contribution in [-0.2, 0) is 0 Å². The molecule has 0 fully saturated rings. The molecular weight excluding hydrogens is 352 g/mol. The van der Waals surface area contributed by atoms with Gasteiger partial charge in [-0.05, 0) is 46.3 Å². The van der Waals surface area contributed by atoms with Crippen molar-refractivity contribution in [2.75, 3.05) is 5.32 Å². The lowest BCUT2D eigenvalue weighted by Gasteiger charge is -2.08. The van der Waals surface area contributed by atoms with Gasteiger partial charge in [-0.2, -0.15) is 0 Å². The van der Waals surface area contributed by atoms with Gasteiger partial charge in [0.15, 0.2) is 0 Å². The maximum atomic E-state index is 12.4. The molecule has 0 aliphatic carbocycles. The monoisotopic (exact) mass is 360 g/mol. The number of hydrogen-bond donors (Lipinski definition) is 1. The van der Waals surface area contributed by atoms with Crippen molar-refractivity contribution in [3.8, 4) is 0 Å². The van der Waals surface area contributed by atoms with Crippen LogP contribution in [0.5, 0.6) is 0 Å². The molecule has 104 valence electrons. The average Bonchev–Trinajstić information content (AvgIpc) is 2.50. The lowest BCUT2D eigenvalue weighted by atomic mass is 10.1. The van der Waals surface area contributed by atoms with Crippen molar-refractivity contribution < 1.29 is 4.79 Å². The van der Waals surface area contributed by atoms with E-state index in [0.29, 0.717) is 21.8 Å². The zero-order chi connectivity index (χ0) is 14.8. The number of halogens is 2. The molecule has 21 heavy (non-hydrogen) atoms. The predicted octanol–water partition coefficient (Wildman–Crippen LogP) is 4.90. The van der Waals surface area contributed by atoms with Crippen molar-refractivity contribution in [3.63, 3.8) is 0 Å². The third-order valence-corrected chi connectivity index (χ3v) is 4.29. The normalized spacial score (nSPS) is 10.6. The summed E-state index contributed by atoms with van der Waals surface area (Å²) in [6, 6.07) is 14.6. The average molecular weight is 362 g/mol. The molecule has 1 aromatic heterocycles. The molecule has 0 spiro atoms. The first-order valence-electron chi connectivity index (χ1n) is 6.25. The van der Waals surface area contributed by atoms with Crippen LogP contribution in [0.1, 0.15) is 10.4 Å². The van der Waals surface area contributed by atoms with Gasteiger partial charge in [0.1, 0.15) is 0 Å². The van der Waals surface area contributed by atoms with E-state index in [1.165, 1.54) is 0 Å². The fourth-order valence-electron chi connectivity index (χ4n) is 2.06. The van der Waals surface area contributed by atoms with E-state index in [-0.39, 0.29) is 5.91 Å². The summed E-state index contributed by atoms with van der Waals surface area (Å²) in [6.45, 7) is 0. The minimum atomic E-state index is -0.210. The summed E-state index contributed by atoms with van der Waals surface area (Å²) in [5, 5.41) is 4.31. The molecule has 3 nitrogen and oxygen atoms in total. The number of anilines is 1. The fourth-order valence-corrected chi connectivity index (χ4v) is 2.49.